The molecule has 0 nitrogen and oxygen atoms in total. The van der Waals surface area contributed by atoms with Crippen LogP contribution in [0.2, 0.25) is 0 Å². The van der Waals surface area contributed by atoms with Crippen LogP contribution in [-0.2, 0) is 0 Å². The van der Waals surface area contributed by atoms with Crippen molar-refractivity contribution in [2.45, 2.75) is 36.8 Å². The average molecular weight is 258 g/mol. The Balaban J connectivity index is 3.41. The Morgan fingerprint density at radius 2 is 1.78 bits per heavy atom. The van der Waals surface area contributed by atoms with Gasteiger partial charge in [0.1, 0.15) is 0 Å². The molecular weight excluding hydrogens is 244 g/mol. The first-order chi connectivity index (χ1) is 4.22. The van der Waals surface area contributed by atoms with Crippen LogP contribution < -0.4 is 0 Å². The van der Waals surface area contributed by atoms with Gasteiger partial charge in [-0.05, 0) is 12.3 Å². The summed E-state index contributed by atoms with van der Waals surface area (Å²) < 4.78 is 0.509. The molecule has 0 spiro atoms. The Hall–Kier alpha value is 0.960. The summed E-state index contributed by atoms with van der Waals surface area (Å²) in [5, 5.41) is 0. The maximum atomic E-state index is 3.52. The summed E-state index contributed by atoms with van der Waals surface area (Å²) in [6, 6.07) is 0. The molecule has 0 aliphatic rings. The van der Waals surface area contributed by atoms with E-state index in [-0.39, 0.29) is 0 Å². The summed E-state index contributed by atoms with van der Waals surface area (Å²) in [7, 11) is 0. The Kier molecular flexibility index (Phi) is 6.33. The lowest BCUT2D eigenvalue weighted by molar-refractivity contribution is 0.508. The quantitative estimate of drug-likeness (QED) is 0.670. The Morgan fingerprint density at radius 1 is 1.22 bits per heavy atom. The molecule has 0 aromatic carbocycles. The minimum Gasteiger partial charge on any atom is -0.0762 e. The largest absolute Gasteiger partial charge is 0.0762 e. The number of hydrogen-bond acceptors (Lipinski definition) is 0. The first-order valence-corrected chi connectivity index (χ1v) is 5.33. The van der Waals surface area contributed by atoms with Gasteiger partial charge in [0.05, 0.1) is 3.74 Å². The van der Waals surface area contributed by atoms with E-state index in [0.717, 1.165) is 5.92 Å². The van der Waals surface area contributed by atoms with E-state index in [2.05, 4.69) is 45.7 Å². The number of halogens is 2. The highest BCUT2D eigenvalue weighted by Gasteiger charge is 2.11. The molecule has 0 radical (unpaired) electrons. The minimum atomic E-state index is 0.509. The number of rotatable bonds is 4. The van der Waals surface area contributed by atoms with E-state index in [4.69, 9.17) is 0 Å². The van der Waals surface area contributed by atoms with E-state index in [9.17, 15) is 0 Å². The smallest absolute Gasteiger partial charge is 0.0725 e. The molecule has 0 fully saturated rings. The van der Waals surface area contributed by atoms with Crippen molar-refractivity contribution in [2.24, 2.45) is 5.92 Å². The third kappa shape index (κ3) is 4.38. The van der Waals surface area contributed by atoms with Crippen molar-refractivity contribution in [2.75, 3.05) is 0 Å². The molecule has 56 valence electrons. The van der Waals surface area contributed by atoms with Crippen LogP contribution in [0.3, 0.4) is 0 Å². The van der Waals surface area contributed by atoms with Crippen molar-refractivity contribution >= 4 is 31.9 Å². The highest BCUT2D eigenvalue weighted by Crippen LogP contribution is 2.26. The lowest BCUT2D eigenvalue weighted by atomic mass is 10.0. The fourth-order valence-electron chi connectivity index (χ4n) is 0.879. The molecule has 0 aromatic heterocycles. The molecule has 0 amide bonds. The van der Waals surface area contributed by atoms with Crippen LogP contribution in [0.15, 0.2) is 0 Å². The van der Waals surface area contributed by atoms with Crippen molar-refractivity contribution in [1.29, 1.82) is 0 Å². The summed E-state index contributed by atoms with van der Waals surface area (Å²) in [6.07, 6.45) is 3.86. The normalized spacial score (nSPS) is 14.3. The van der Waals surface area contributed by atoms with Gasteiger partial charge in [-0.3, -0.25) is 0 Å². The van der Waals surface area contributed by atoms with Crippen molar-refractivity contribution in [1.82, 2.24) is 0 Å². The topological polar surface area (TPSA) is 0 Å². The van der Waals surface area contributed by atoms with E-state index in [0.29, 0.717) is 3.74 Å². The zero-order valence-electron chi connectivity index (χ0n) is 6.03. The second-order valence-electron chi connectivity index (χ2n) is 2.29. The standard InChI is InChI=1S/C7H14Br2/c1-3-5-6(4-2)7(8)9/h6-7H,3-5H2,1-2H3. The molecule has 0 N–H and O–H groups in total. The second kappa shape index (κ2) is 5.72. The molecule has 0 aromatic rings. The Labute approximate surface area is 74.7 Å². The molecule has 0 saturated heterocycles. The van der Waals surface area contributed by atoms with E-state index >= 15 is 0 Å². The monoisotopic (exact) mass is 256 g/mol. The van der Waals surface area contributed by atoms with Gasteiger partial charge in [-0.1, -0.05) is 58.5 Å². The van der Waals surface area contributed by atoms with Gasteiger partial charge in [-0.15, -0.1) is 0 Å². The summed E-state index contributed by atoms with van der Waals surface area (Å²) in [5.74, 6) is 0.801. The van der Waals surface area contributed by atoms with Crippen molar-refractivity contribution in [3.8, 4) is 0 Å². The predicted octanol–water partition coefficient (Wildman–Crippen LogP) is 3.93. The third-order valence-corrected chi connectivity index (χ3v) is 3.04. The maximum absolute atomic E-state index is 3.52. The van der Waals surface area contributed by atoms with Gasteiger partial charge in [0.2, 0.25) is 0 Å². The zero-order chi connectivity index (χ0) is 7.28. The van der Waals surface area contributed by atoms with Gasteiger partial charge >= 0.3 is 0 Å². The van der Waals surface area contributed by atoms with E-state index < -0.39 is 0 Å². The second-order valence-corrected chi connectivity index (χ2v) is 5.49. The van der Waals surface area contributed by atoms with Gasteiger partial charge in [-0.2, -0.15) is 0 Å². The predicted molar refractivity (Wildman–Crippen MR) is 50.3 cm³/mol. The molecule has 1 atom stereocenters. The van der Waals surface area contributed by atoms with E-state index in [1.807, 2.05) is 0 Å². The highest BCUT2D eigenvalue weighted by atomic mass is 79.9. The molecule has 0 heterocycles. The molecule has 1 unspecified atom stereocenters. The lowest BCUT2D eigenvalue weighted by Gasteiger charge is -2.13. The molecule has 0 saturated carbocycles. The fourth-order valence-corrected chi connectivity index (χ4v) is 2.16. The highest BCUT2D eigenvalue weighted by molar-refractivity contribution is 9.24. The minimum absolute atomic E-state index is 0.509. The molecule has 0 rings (SSSR count). The Morgan fingerprint density at radius 3 is 1.89 bits per heavy atom. The summed E-state index contributed by atoms with van der Waals surface area (Å²) in [6.45, 7) is 4.46. The lowest BCUT2D eigenvalue weighted by Crippen LogP contribution is -2.05. The van der Waals surface area contributed by atoms with Gasteiger partial charge in [0, 0.05) is 0 Å². The molecule has 0 bridgehead atoms. The van der Waals surface area contributed by atoms with Crippen LogP contribution in [0.1, 0.15) is 33.1 Å². The van der Waals surface area contributed by atoms with E-state index in [1.165, 1.54) is 19.3 Å². The van der Waals surface area contributed by atoms with Gasteiger partial charge in [0.25, 0.3) is 0 Å². The van der Waals surface area contributed by atoms with E-state index in [1.54, 1.807) is 0 Å². The van der Waals surface area contributed by atoms with Crippen LogP contribution in [0.25, 0.3) is 0 Å². The van der Waals surface area contributed by atoms with Crippen LogP contribution >= 0.6 is 31.9 Å². The summed E-state index contributed by atoms with van der Waals surface area (Å²) >= 11 is 7.04. The summed E-state index contributed by atoms with van der Waals surface area (Å²) in [4.78, 5) is 0. The van der Waals surface area contributed by atoms with Crippen molar-refractivity contribution < 1.29 is 0 Å². The van der Waals surface area contributed by atoms with Crippen LogP contribution in [0, 0.1) is 5.92 Å². The van der Waals surface area contributed by atoms with Crippen molar-refractivity contribution in [3.63, 3.8) is 0 Å². The number of hydrogen-bond donors (Lipinski definition) is 0. The average Bonchev–Trinajstić information content (AvgIpc) is 1.82. The van der Waals surface area contributed by atoms with Gasteiger partial charge in [-0.25, -0.2) is 0 Å². The van der Waals surface area contributed by atoms with Crippen LogP contribution in [-0.4, -0.2) is 3.74 Å². The SMILES string of the molecule is CCCC(CC)C(Br)Br. The first kappa shape index (κ1) is 9.96. The molecular formula is C7H14Br2. The fraction of sp³-hybridized carbons (Fsp3) is 1.00. The third-order valence-electron chi connectivity index (χ3n) is 1.54. The first-order valence-electron chi connectivity index (χ1n) is 3.50. The Bertz CT molecular complexity index is 61.9. The van der Waals surface area contributed by atoms with Gasteiger partial charge in [0.15, 0.2) is 0 Å². The molecule has 0 aliphatic carbocycles. The maximum Gasteiger partial charge on any atom is 0.0725 e. The molecule has 9 heavy (non-hydrogen) atoms. The number of alkyl halides is 2. The molecule has 2 heteroatoms. The van der Waals surface area contributed by atoms with Crippen LogP contribution in [0.5, 0.6) is 0 Å². The van der Waals surface area contributed by atoms with Gasteiger partial charge < -0.3 is 0 Å². The van der Waals surface area contributed by atoms with Crippen molar-refractivity contribution in [3.05, 3.63) is 0 Å². The zero-order valence-corrected chi connectivity index (χ0v) is 9.20. The summed E-state index contributed by atoms with van der Waals surface area (Å²) in [5.41, 5.74) is 0. The molecule has 0 aliphatic heterocycles. The van der Waals surface area contributed by atoms with Crippen LogP contribution in [0.4, 0.5) is 0 Å².